The van der Waals surface area contributed by atoms with Gasteiger partial charge in [-0.25, -0.2) is 0 Å². The normalized spacial score (nSPS) is 10.1. The van der Waals surface area contributed by atoms with Crippen LogP contribution in [-0.4, -0.2) is 43.6 Å². The summed E-state index contributed by atoms with van der Waals surface area (Å²) in [6, 6.07) is 5.73. The first-order chi connectivity index (χ1) is 9.95. The molecule has 0 atom stereocenters. The van der Waals surface area contributed by atoms with Crippen LogP contribution in [0.15, 0.2) is 18.2 Å². The van der Waals surface area contributed by atoms with Gasteiger partial charge in [-0.1, -0.05) is 12.1 Å². The van der Waals surface area contributed by atoms with E-state index in [0.717, 1.165) is 11.1 Å². The maximum Gasteiger partial charge on any atom is 0.307 e. The second kappa shape index (κ2) is 8.29. The van der Waals surface area contributed by atoms with Gasteiger partial charge in [0, 0.05) is 13.6 Å². The topological polar surface area (TPSA) is 55.8 Å². The van der Waals surface area contributed by atoms with Crippen molar-refractivity contribution in [3.8, 4) is 5.75 Å². The molecule has 0 saturated carbocycles. The van der Waals surface area contributed by atoms with Crippen LogP contribution in [0.2, 0.25) is 0 Å². The van der Waals surface area contributed by atoms with Crippen LogP contribution >= 0.6 is 0 Å². The minimum Gasteiger partial charge on any atom is -0.483 e. The highest BCUT2D eigenvalue weighted by Crippen LogP contribution is 2.20. The summed E-state index contributed by atoms with van der Waals surface area (Å²) in [6.07, 6.45) is 0.194. The molecule has 0 fully saturated rings. The monoisotopic (exact) mass is 293 g/mol. The molecule has 0 aliphatic rings. The third-order valence-corrected chi connectivity index (χ3v) is 3.29. The van der Waals surface area contributed by atoms with E-state index in [-0.39, 0.29) is 24.9 Å². The van der Waals surface area contributed by atoms with Crippen molar-refractivity contribution in [2.45, 2.75) is 27.2 Å². The van der Waals surface area contributed by atoms with Crippen LogP contribution in [0, 0.1) is 13.8 Å². The van der Waals surface area contributed by atoms with E-state index in [2.05, 4.69) is 0 Å². The fraction of sp³-hybridized carbons (Fsp3) is 0.500. The molecular weight excluding hydrogens is 270 g/mol. The molecule has 0 saturated heterocycles. The summed E-state index contributed by atoms with van der Waals surface area (Å²) in [7, 11) is 1.65. The average molecular weight is 293 g/mol. The first-order valence-corrected chi connectivity index (χ1v) is 7.04. The fourth-order valence-electron chi connectivity index (χ4n) is 1.75. The first-order valence-electron chi connectivity index (χ1n) is 7.04. The van der Waals surface area contributed by atoms with Crippen molar-refractivity contribution >= 4 is 11.9 Å². The Morgan fingerprint density at radius 1 is 1.24 bits per heavy atom. The molecule has 0 aromatic heterocycles. The Bertz CT molecular complexity index is 499. The van der Waals surface area contributed by atoms with Gasteiger partial charge in [-0.2, -0.15) is 0 Å². The number of amides is 1. The van der Waals surface area contributed by atoms with Crippen molar-refractivity contribution in [1.82, 2.24) is 4.90 Å². The third kappa shape index (κ3) is 5.45. The lowest BCUT2D eigenvalue weighted by Crippen LogP contribution is -2.33. The summed E-state index contributed by atoms with van der Waals surface area (Å²) >= 11 is 0. The van der Waals surface area contributed by atoms with Crippen LogP contribution in [0.3, 0.4) is 0 Å². The second-order valence-corrected chi connectivity index (χ2v) is 4.86. The molecule has 5 heteroatoms. The standard InChI is InChI=1S/C16H23NO4/c1-5-20-16(19)9-10-17(4)15(18)11-21-14-8-6-7-12(2)13(14)3/h6-8H,5,9-11H2,1-4H3. The fourth-order valence-corrected chi connectivity index (χ4v) is 1.75. The predicted molar refractivity (Wildman–Crippen MR) is 80.3 cm³/mol. The molecule has 1 aromatic rings. The number of hydrogen-bond donors (Lipinski definition) is 0. The van der Waals surface area contributed by atoms with Crippen LogP contribution in [0.25, 0.3) is 0 Å². The molecule has 0 aliphatic carbocycles. The highest BCUT2D eigenvalue weighted by molar-refractivity contribution is 5.78. The lowest BCUT2D eigenvalue weighted by molar-refractivity contribution is -0.144. The summed E-state index contributed by atoms with van der Waals surface area (Å²) in [5, 5.41) is 0. The van der Waals surface area contributed by atoms with Gasteiger partial charge >= 0.3 is 5.97 Å². The smallest absolute Gasteiger partial charge is 0.307 e. The van der Waals surface area contributed by atoms with E-state index in [0.29, 0.717) is 18.9 Å². The number of nitrogens with zero attached hydrogens (tertiary/aromatic N) is 1. The van der Waals surface area contributed by atoms with E-state index >= 15 is 0 Å². The quantitative estimate of drug-likeness (QED) is 0.722. The molecule has 0 N–H and O–H groups in total. The van der Waals surface area contributed by atoms with Crippen LogP contribution in [0.1, 0.15) is 24.5 Å². The maximum atomic E-state index is 11.9. The number of aryl methyl sites for hydroxylation is 1. The first kappa shape index (κ1) is 17.0. The van der Waals surface area contributed by atoms with Crippen molar-refractivity contribution in [1.29, 1.82) is 0 Å². The molecule has 1 rings (SSSR count). The average Bonchev–Trinajstić information content (AvgIpc) is 2.46. The van der Waals surface area contributed by atoms with Crippen molar-refractivity contribution in [3.05, 3.63) is 29.3 Å². The van der Waals surface area contributed by atoms with E-state index in [1.807, 2.05) is 32.0 Å². The number of rotatable bonds is 7. The molecule has 1 aromatic carbocycles. The molecule has 0 spiro atoms. The van der Waals surface area contributed by atoms with Gasteiger partial charge in [-0.3, -0.25) is 9.59 Å². The Labute approximate surface area is 125 Å². The van der Waals surface area contributed by atoms with Crippen molar-refractivity contribution in [2.75, 3.05) is 26.8 Å². The van der Waals surface area contributed by atoms with Gasteiger partial charge in [0.2, 0.25) is 0 Å². The van der Waals surface area contributed by atoms with Gasteiger partial charge in [0.15, 0.2) is 6.61 Å². The van der Waals surface area contributed by atoms with Crippen LogP contribution in [0.4, 0.5) is 0 Å². The van der Waals surface area contributed by atoms with Crippen LogP contribution < -0.4 is 4.74 Å². The Morgan fingerprint density at radius 3 is 2.62 bits per heavy atom. The van der Waals surface area contributed by atoms with Gasteiger partial charge in [-0.05, 0) is 38.0 Å². The van der Waals surface area contributed by atoms with E-state index < -0.39 is 0 Å². The van der Waals surface area contributed by atoms with Gasteiger partial charge < -0.3 is 14.4 Å². The minimum atomic E-state index is -0.299. The highest BCUT2D eigenvalue weighted by atomic mass is 16.5. The molecule has 1 amide bonds. The largest absolute Gasteiger partial charge is 0.483 e. The van der Waals surface area contributed by atoms with E-state index in [4.69, 9.17) is 9.47 Å². The number of carbonyl (C=O) groups excluding carboxylic acids is 2. The summed E-state index contributed by atoms with van der Waals surface area (Å²) in [5.41, 5.74) is 2.15. The lowest BCUT2D eigenvalue weighted by atomic mass is 10.1. The number of esters is 1. The SMILES string of the molecule is CCOC(=O)CCN(C)C(=O)COc1cccc(C)c1C. The van der Waals surface area contributed by atoms with Gasteiger partial charge in [0.25, 0.3) is 5.91 Å². The lowest BCUT2D eigenvalue weighted by Gasteiger charge is -2.17. The number of likely N-dealkylation sites (N-methyl/N-ethyl adjacent to an activating group) is 1. The summed E-state index contributed by atoms with van der Waals surface area (Å²) < 4.78 is 10.4. The van der Waals surface area contributed by atoms with Crippen LogP contribution in [0.5, 0.6) is 5.75 Å². The maximum absolute atomic E-state index is 11.9. The Morgan fingerprint density at radius 2 is 1.95 bits per heavy atom. The summed E-state index contributed by atoms with van der Waals surface area (Å²) in [4.78, 5) is 24.6. The second-order valence-electron chi connectivity index (χ2n) is 4.86. The summed E-state index contributed by atoms with van der Waals surface area (Å²) in [6.45, 7) is 6.35. The van der Waals surface area contributed by atoms with E-state index in [9.17, 15) is 9.59 Å². The molecular formula is C16H23NO4. The molecule has 5 nitrogen and oxygen atoms in total. The molecule has 0 unspecified atom stereocenters. The zero-order valence-corrected chi connectivity index (χ0v) is 13.1. The minimum absolute atomic E-state index is 0.0381. The predicted octanol–water partition coefficient (Wildman–Crippen LogP) is 2.09. The zero-order valence-electron chi connectivity index (χ0n) is 13.1. The number of benzene rings is 1. The number of carbonyl (C=O) groups is 2. The number of hydrogen-bond acceptors (Lipinski definition) is 4. The van der Waals surface area contributed by atoms with E-state index in [1.54, 1.807) is 14.0 Å². The molecule has 0 bridgehead atoms. The van der Waals surface area contributed by atoms with Gasteiger partial charge in [0.1, 0.15) is 5.75 Å². The van der Waals surface area contributed by atoms with Crippen molar-refractivity contribution < 1.29 is 19.1 Å². The Kier molecular flexibility index (Phi) is 6.72. The van der Waals surface area contributed by atoms with Crippen molar-refractivity contribution in [2.24, 2.45) is 0 Å². The molecule has 116 valence electrons. The van der Waals surface area contributed by atoms with Crippen molar-refractivity contribution in [3.63, 3.8) is 0 Å². The summed E-state index contributed by atoms with van der Waals surface area (Å²) in [5.74, 6) is 0.245. The molecule has 0 radical (unpaired) electrons. The molecule has 0 heterocycles. The molecule has 0 aliphatic heterocycles. The third-order valence-electron chi connectivity index (χ3n) is 3.29. The Balaban J connectivity index is 2.42. The van der Waals surface area contributed by atoms with Crippen LogP contribution in [-0.2, 0) is 14.3 Å². The van der Waals surface area contributed by atoms with Gasteiger partial charge in [-0.15, -0.1) is 0 Å². The van der Waals surface area contributed by atoms with Gasteiger partial charge in [0.05, 0.1) is 13.0 Å². The van der Waals surface area contributed by atoms with E-state index in [1.165, 1.54) is 4.90 Å². The number of ether oxygens (including phenoxy) is 2. The molecule has 21 heavy (non-hydrogen) atoms. The highest BCUT2D eigenvalue weighted by Gasteiger charge is 2.12. The Hall–Kier alpha value is -2.04. The zero-order chi connectivity index (χ0) is 15.8.